The topological polar surface area (TPSA) is 26.3 Å². The van der Waals surface area contributed by atoms with E-state index in [0.29, 0.717) is 6.42 Å². The lowest BCUT2D eigenvalue weighted by atomic mass is 9.67. The summed E-state index contributed by atoms with van der Waals surface area (Å²) in [6, 6.07) is 0. The summed E-state index contributed by atoms with van der Waals surface area (Å²) in [4.78, 5) is 11.2. The van der Waals surface area contributed by atoms with Gasteiger partial charge in [0.25, 0.3) is 0 Å². The lowest BCUT2D eigenvalue weighted by Gasteiger charge is -2.42. The Labute approximate surface area is 85.3 Å². The molecule has 2 heteroatoms. The second-order valence-corrected chi connectivity index (χ2v) is 5.53. The SMILES string of the molecule is CC1(C)C=C2OC(=O)CCC2(C)CC1. The third-order valence-corrected chi connectivity index (χ3v) is 3.54. The molecule has 1 aliphatic carbocycles. The molecule has 1 fully saturated rings. The van der Waals surface area contributed by atoms with E-state index in [9.17, 15) is 4.79 Å². The molecule has 2 nitrogen and oxygen atoms in total. The summed E-state index contributed by atoms with van der Waals surface area (Å²) in [7, 11) is 0. The molecule has 1 heterocycles. The van der Waals surface area contributed by atoms with Crippen LogP contribution in [0.25, 0.3) is 0 Å². The highest BCUT2D eigenvalue weighted by Gasteiger charge is 2.41. The minimum atomic E-state index is -0.0635. The standard InChI is InChI=1S/C12H18O2/c1-11(2)6-7-12(3)5-4-10(13)14-9(12)8-11/h8H,4-7H2,1-3H3. The lowest BCUT2D eigenvalue weighted by molar-refractivity contribution is -0.146. The van der Waals surface area contributed by atoms with Crippen LogP contribution >= 0.6 is 0 Å². The Bertz CT molecular complexity index is 301. The van der Waals surface area contributed by atoms with Crippen molar-refractivity contribution in [2.75, 3.05) is 0 Å². The molecule has 0 aromatic carbocycles. The molecule has 0 saturated carbocycles. The summed E-state index contributed by atoms with van der Waals surface area (Å²) < 4.78 is 5.35. The largest absolute Gasteiger partial charge is 0.431 e. The number of rotatable bonds is 0. The third-order valence-electron chi connectivity index (χ3n) is 3.54. The summed E-state index contributed by atoms with van der Waals surface area (Å²) in [6.45, 7) is 6.60. The molecule has 0 aromatic rings. The lowest BCUT2D eigenvalue weighted by Crippen LogP contribution is -2.35. The van der Waals surface area contributed by atoms with Crippen LogP contribution in [-0.2, 0) is 9.53 Å². The molecule has 0 N–H and O–H groups in total. The Hall–Kier alpha value is -0.790. The van der Waals surface area contributed by atoms with E-state index >= 15 is 0 Å². The van der Waals surface area contributed by atoms with Crippen molar-refractivity contribution in [2.24, 2.45) is 10.8 Å². The number of carbonyl (C=O) groups is 1. The molecule has 1 atom stereocenters. The molecule has 1 unspecified atom stereocenters. The van der Waals surface area contributed by atoms with Gasteiger partial charge < -0.3 is 4.74 Å². The summed E-state index contributed by atoms with van der Waals surface area (Å²) in [5, 5.41) is 0. The van der Waals surface area contributed by atoms with Crippen molar-refractivity contribution in [3.63, 3.8) is 0 Å². The molecule has 0 bridgehead atoms. The van der Waals surface area contributed by atoms with Crippen molar-refractivity contribution in [2.45, 2.75) is 46.5 Å². The average Bonchev–Trinajstić information content (AvgIpc) is 2.08. The minimum absolute atomic E-state index is 0.0635. The maximum atomic E-state index is 11.2. The zero-order chi connectivity index (χ0) is 10.4. The second-order valence-electron chi connectivity index (χ2n) is 5.53. The molecular weight excluding hydrogens is 176 g/mol. The first-order chi connectivity index (χ1) is 6.41. The quantitative estimate of drug-likeness (QED) is 0.554. The van der Waals surface area contributed by atoms with Gasteiger partial charge in [0.05, 0.1) is 0 Å². The van der Waals surface area contributed by atoms with Crippen LogP contribution in [0.4, 0.5) is 0 Å². The predicted molar refractivity (Wildman–Crippen MR) is 54.5 cm³/mol. The first kappa shape index (κ1) is 9.75. The van der Waals surface area contributed by atoms with E-state index in [4.69, 9.17) is 4.74 Å². The summed E-state index contributed by atoms with van der Waals surface area (Å²) in [6.07, 6.45) is 6.00. The number of hydrogen-bond donors (Lipinski definition) is 0. The first-order valence-electron chi connectivity index (χ1n) is 5.35. The minimum Gasteiger partial charge on any atom is -0.431 e. The average molecular weight is 194 g/mol. The zero-order valence-corrected chi connectivity index (χ0v) is 9.22. The van der Waals surface area contributed by atoms with Crippen LogP contribution in [0.1, 0.15) is 46.5 Å². The molecule has 0 radical (unpaired) electrons. The van der Waals surface area contributed by atoms with Gasteiger partial charge in [-0.1, -0.05) is 20.8 Å². The van der Waals surface area contributed by atoms with Crippen LogP contribution in [-0.4, -0.2) is 5.97 Å². The number of ether oxygens (including phenoxy) is 1. The van der Waals surface area contributed by atoms with Crippen LogP contribution in [0, 0.1) is 10.8 Å². The van der Waals surface area contributed by atoms with E-state index in [2.05, 4.69) is 26.8 Å². The monoisotopic (exact) mass is 194 g/mol. The van der Waals surface area contributed by atoms with Gasteiger partial charge >= 0.3 is 5.97 Å². The molecule has 0 spiro atoms. The van der Waals surface area contributed by atoms with Crippen LogP contribution in [0.15, 0.2) is 11.8 Å². The fourth-order valence-electron chi connectivity index (χ4n) is 2.28. The highest BCUT2D eigenvalue weighted by atomic mass is 16.5. The Kier molecular flexibility index (Phi) is 1.98. The molecule has 1 saturated heterocycles. The van der Waals surface area contributed by atoms with Crippen molar-refractivity contribution in [3.05, 3.63) is 11.8 Å². The fraction of sp³-hybridized carbons (Fsp3) is 0.750. The zero-order valence-electron chi connectivity index (χ0n) is 9.22. The highest BCUT2D eigenvalue weighted by Crippen LogP contribution is 2.49. The predicted octanol–water partition coefficient (Wildman–Crippen LogP) is 3.03. The van der Waals surface area contributed by atoms with E-state index in [1.165, 1.54) is 6.42 Å². The molecule has 78 valence electrons. The van der Waals surface area contributed by atoms with Crippen molar-refractivity contribution in [1.29, 1.82) is 0 Å². The maximum absolute atomic E-state index is 11.2. The Morgan fingerprint density at radius 1 is 1.21 bits per heavy atom. The maximum Gasteiger partial charge on any atom is 0.310 e. The Morgan fingerprint density at radius 2 is 1.93 bits per heavy atom. The van der Waals surface area contributed by atoms with Crippen molar-refractivity contribution >= 4 is 5.97 Å². The van der Waals surface area contributed by atoms with Gasteiger partial charge in [-0.15, -0.1) is 0 Å². The van der Waals surface area contributed by atoms with Gasteiger partial charge in [-0.3, -0.25) is 4.79 Å². The smallest absolute Gasteiger partial charge is 0.310 e. The molecule has 14 heavy (non-hydrogen) atoms. The summed E-state index contributed by atoms with van der Waals surface area (Å²) >= 11 is 0. The van der Waals surface area contributed by atoms with Gasteiger partial charge in [0.1, 0.15) is 5.76 Å². The van der Waals surface area contributed by atoms with E-state index in [-0.39, 0.29) is 16.8 Å². The van der Waals surface area contributed by atoms with Gasteiger partial charge in [-0.25, -0.2) is 0 Å². The molecule has 2 rings (SSSR count). The van der Waals surface area contributed by atoms with Crippen molar-refractivity contribution in [3.8, 4) is 0 Å². The Balaban J connectivity index is 2.32. The Morgan fingerprint density at radius 3 is 2.64 bits per heavy atom. The summed E-state index contributed by atoms with van der Waals surface area (Å²) in [5.41, 5.74) is 0.315. The number of carbonyl (C=O) groups excluding carboxylic acids is 1. The van der Waals surface area contributed by atoms with E-state index < -0.39 is 0 Å². The van der Waals surface area contributed by atoms with E-state index in [1.807, 2.05) is 0 Å². The number of hydrogen-bond acceptors (Lipinski definition) is 2. The van der Waals surface area contributed by atoms with Gasteiger partial charge in [-0.2, -0.15) is 0 Å². The van der Waals surface area contributed by atoms with Crippen molar-refractivity contribution in [1.82, 2.24) is 0 Å². The fourth-order valence-corrected chi connectivity index (χ4v) is 2.28. The summed E-state index contributed by atoms with van der Waals surface area (Å²) in [5.74, 6) is 0.858. The third kappa shape index (κ3) is 1.58. The van der Waals surface area contributed by atoms with Crippen LogP contribution in [0.2, 0.25) is 0 Å². The molecule has 1 aliphatic heterocycles. The number of fused-ring (bicyclic) bond motifs is 1. The van der Waals surface area contributed by atoms with Crippen LogP contribution in [0.5, 0.6) is 0 Å². The van der Waals surface area contributed by atoms with Gasteiger partial charge in [0.15, 0.2) is 0 Å². The van der Waals surface area contributed by atoms with Crippen molar-refractivity contribution < 1.29 is 9.53 Å². The highest BCUT2D eigenvalue weighted by molar-refractivity contribution is 5.72. The normalized spacial score (nSPS) is 35.6. The van der Waals surface area contributed by atoms with Crippen LogP contribution < -0.4 is 0 Å². The molecule has 2 aliphatic rings. The number of allylic oxidation sites excluding steroid dienone is 2. The van der Waals surface area contributed by atoms with Gasteiger partial charge in [0, 0.05) is 11.8 Å². The molecule has 0 aromatic heterocycles. The van der Waals surface area contributed by atoms with E-state index in [1.54, 1.807) is 0 Å². The van der Waals surface area contributed by atoms with E-state index in [0.717, 1.165) is 18.6 Å². The number of esters is 1. The molecular formula is C12H18O2. The van der Waals surface area contributed by atoms with Crippen LogP contribution in [0.3, 0.4) is 0 Å². The second kappa shape index (κ2) is 2.85. The van der Waals surface area contributed by atoms with Gasteiger partial charge in [-0.05, 0) is 30.8 Å². The van der Waals surface area contributed by atoms with Gasteiger partial charge in [0.2, 0.25) is 0 Å². The molecule has 0 amide bonds. The first-order valence-corrected chi connectivity index (χ1v) is 5.35.